The zero-order valence-electron chi connectivity index (χ0n) is 22.3. The van der Waals surface area contributed by atoms with Gasteiger partial charge in [0, 0.05) is 37.5 Å². The number of carbonyl (C=O) groups excluding carboxylic acids is 1. The molecule has 1 amide bonds. The third-order valence-corrected chi connectivity index (χ3v) is 8.05. The number of carbonyl (C=O) groups is 1. The molecule has 0 aliphatic heterocycles. The number of hydrogen-bond acceptors (Lipinski definition) is 6. The van der Waals surface area contributed by atoms with Crippen molar-refractivity contribution in [2.45, 2.75) is 44.4 Å². The molecule has 0 spiro atoms. The molecule has 1 aromatic carbocycles. The minimum absolute atomic E-state index is 0.0563. The Kier molecular flexibility index (Phi) is 7.11. The van der Waals surface area contributed by atoms with E-state index < -0.39 is 0 Å². The molecule has 3 aromatic heterocycles. The number of imidazole rings is 1. The van der Waals surface area contributed by atoms with E-state index in [1.807, 2.05) is 24.4 Å². The van der Waals surface area contributed by atoms with Crippen molar-refractivity contribution in [3.05, 3.63) is 77.6 Å². The van der Waals surface area contributed by atoms with Gasteiger partial charge in [0.05, 0.1) is 17.1 Å². The van der Waals surface area contributed by atoms with Crippen molar-refractivity contribution in [3.8, 4) is 11.3 Å². The minimum atomic E-state index is -0.0563. The van der Waals surface area contributed by atoms with Crippen LogP contribution in [-0.4, -0.2) is 45.5 Å². The van der Waals surface area contributed by atoms with Crippen molar-refractivity contribution in [1.29, 1.82) is 0 Å². The number of fused-ring (bicyclic) bond motifs is 2. The Balaban J connectivity index is 1.28. The molecule has 1 fully saturated rings. The van der Waals surface area contributed by atoms with Crippen LogP contribution in [0.5, 0.6) is 0 Å². The van der Waals surface area contributed by atoms with E-state index in [-0.39, 0.29) is 12.5 Å². The molecular weight excluding hydrogens is 488 g/mol. The lowest BCUT2D eigenvalue weighted by molar-refractivity contribution is -0.124. The van der Waals surface area contributed by atoms with E-state index in [1.54, 1.807) is 6.20 Å². The Hall–Kier alpha value is -4.04. The van der Waals surface area contributed by atoms with Crippen LogP contribution < -0.4 is 11.1 Å². The molecule has 2 aliphatic carbocycles. The van der Waals surface area contributed by atoms with E-state index in [1.165, 1.54) is 12.7 Å². The van der Waals surface area contributed by atoms with Crippen molar-refractivity contribution >= 4 is 28.9 Å². The van der Waals surface area contributed by atoms with Crippen LogP contribution in [-0.2, 0) is 16.0 Å². The summed E-state index contributed by atoms with van der Waals surface area (Å²) in [5, 5.41) is 2.99. The number of nitrogens with two attached hydrogens (primary N) is 1. The zero-order valence-corrected chi connectivity index (χ0v) is 22.3. The topological polar surface area (TPSA) is 107 Å². The monoisotopic (exact) mass is 522 g/mol. The second-order valence-electron chi connectivity index (χ2n) is 10.6. The SMILES string of the molecule is COCC(=O)NC[C@H]1CC[C@H](c2nc(C3=Cc4nc(-c5ccccc5)ccc4CC3)c3c(N)nccn32)CC1. The molecule has 39 heavy (non-hydrogen) atoms. The first-order valence-corrected chi connectivity index (χ1v) is 13.7. The number of ether oxygens (including phenoxy) is 1. The van der Waals surface area contributed by atoms with Crippen molar-refractivity contribution in [3.63, 3.8) is 0 Å². The lowest BCUT2D eigenvalue weighted by Gasteiger charge is -2.28. The summed E-state index contributed by atoms with van der Waals surface area (Å²) in [7, 11) is 1.54. The summed E-state index contributed by atoms with van der Waals surface area (Å²) < 4.78 is 7.07. The number of amides is 1. The highest BCUT2D eigenvalue weighted by Gasteiger charge is 2.29. The van der Waals surface area contributed by atoms with E-state index in [0.29, 0.717) is 24.2 Å². The Morgan fingerprint density at radius 2 is 1.90 bits per heavy atom. The minimum Gasteiger partial charge on any atom is -0.382 e. The first-order valence-electron chi connectivity index (χ1n) is 13.7. The molecule has 8 nitrogen and oxygen atoms in total. The maximum atomic E-state index is 11.8. The third-order valence-electron chi connectivity index (χ3n) is 8.05. The van der Waals surface area contributed by atoms with Gasteiger partial charge in [-0.2, -0.15) is 0 Å². The van der Waals surface area contributed by atoms with E-state index in [0.717, 1.165) is 78.1 Å². The summed E-state index contributed by atoms with van der Waals surface area (Å²) >= 11 is 0. The average Bonchev–Trinajstić information content (AvgIpc) is 3.37. The number of allylic oxidation sites excluding steroid dienone is 1. The van der Waals surface area contributed by atoms with E-state index >= 15 is 0 Å². The number of rotatable bonds is 7. The summed E-state index contributed by atoms with van der Waals surface area (Å²) in [5.74, 6) is 2.30. The van der Waals surface area contributed by atoms with Gasteiger partial charge in [-0.25, -0.2) is 15.0 Å². The number of nitrogens with one attached hydrogen (secondary N) is 1. The number of benzene rings is 1. The Morgan fingerprint density at radius 1 is 1.08 bits per heavy atom. The second kappa shape index (κ2) is 11.0. The lowest BCUT2D eigenvalue weighted by Crippen LogP contribution is -2.33. The Labute approximate surface area is 228 Å². The average molecular weight is 523 g/mol. The standard InChI is InChI=1S/C31H34N6O2/c1-39-19-27(38)34-18-20-7-9-23(10-8-20)31-36-28(29-30(32)33-15-16-37(29)31)24-12-11-22-13-14-25(35-26(22)17-24)21-5-3-2-4-6-21/h2-6,13-17,20,23H,7-12,18-19H2,1H3,(H2,32,33)(H,34,38)/t20-,23-. The normalized spacial score (nSPS) is 18.9. The van der Waals surface area contributed by atoms with Crippen LogP contribution in [0.1, 0.15) is 60.8 Å². The molecule has 0 atom stereocenters. The summed E-state index contributed by atoms with van der Waals surface area (Å²) in [4.78, 5) is 26.5. The van der Waals surface area contributed by atoms with Crippen molar-refractivity contribution in [2.75, 3.05) is 26.0 Å². The highest BCUT2D eigenvalue weighted by atomic mass is 16.5. The number of nitrogens with zero attached hydrogens (tertiary/aromatic N) is 4. The molecule has 3 heterocycles. The molecule has 4 aromatic rings. The number of methoxy groups -OCH3 is 1. The van der Waals surface area contributed by atoms with E-state index in [2.05, 4.69) is 45.0 Å². The van der Waals surface area contributed by atoms with Gasteiger partial charge in [-0.15, -0.1) is 0 Å². The number of aryl methyl sites for hydroxylation is 1. The Bertz CT molecular complexity index is 1520. The maximum absolute atomic E-state index is 11.8. The zero-order chi connectivity index (χ0) is 26.8. The summed E-state index contributed by atoms with van der Waals surface area (Å²) in [6.07, 6.45) is 11.9. The lowest BCUT2D eigenvalue weighted by atomic mass is 9.81. The van der Waals surface area contributed by atoms with Crippen molar-refractivity contribution in [2.24, 2.45) is 5.92 Å². The maximum Gasteiger partial charge on any atom is 0.245 e. The first kappa shape index (κ1) is 25.2. The van der Waals surface area contributed by atoms with Gasteiger partial charge in [-0.3, -0.25) is 9.20 Å². The molecule has 6 rings (SSSR count). The molecule has 200 valence electrons. The number of hydrogen-bond donors (Lipinski definition) is 2. The molecular formula is C31H34N6O2. The van der Waals surface area contributed by atoms with E-state index in [4.69, 9.17) is 20.4 Å². The number of pyridine rings is 1. The Morgan fingerprint density at radius 3 is 2.69 bits per heavy atom. The van der Waals surface area contributed by atoms with Crippen LogP contribution in [0.25, 0.3) is 28.4 Å². The van der Waals surface area contributed by atoms with Gasteiger partial charge in [0.15, 0.2) is 0 Å². The first-order chi connectivity index (χ1) is 19.1. The highest BCUT2D eigenvalue weighted by molar-refractivity contribution is 5.91. The molecule has 8 heteroatoms. The van der Waals surface area contributed by atoms with Crippen molar-refractivity contribution < 1.29 is 9.53 Å². The van der Waals surface area contributed by atoms with Gasteiger partial charge in [0.25, 0.3) is 0 Å². The molecule has 2 aliphatic rings. The molecule has 0 bridgehead atoms. The summed E-state index contributed by atoms with van der Waals surface area (Å²) in [6, 6.07) is 14.6. The van der Waals surface area contributed by atoms with E-state index in [9.17, 15) is 4.79 Å². The third kappa shape index (κ3) is 5.16. The van der Waals surface area contributed by atoms with Crippen LogP contribution in [0.2, 0.25) is 0 Å². The largest absolute Gasteiger partial charge is 0.382 e. The van der Waals surface area contributed by atoms with Crippen LogP contribution in [0, 0.1) is 5.92 Å². The molecule has 0 radical (unpaired) electrons. The number of nitrogen functional groups attached to an aromatic ring is 1. The van der Waals surface area contributed by atoms with Crippen LogP contribution in [0.4, 0.5) is 5.82 Å². The number of aromatic nitrogens is 4. The highest BCUT2D eigenvalue weighted by Crippen LogP contribution is 2.39. The smallest absolute Gasteiger partial charge is 0.245 e. The van der Waals surface area contributed by atoms with Gasteiger partial charge in [0.1, 0.15) is 23.8 Å². The molecule has 0 saturated heterocycles. The summed E-state index contributed by atoms with van der Waals surface area (Å²) in [5.41, 5.74) is 13.7. The second-order valence-corrected chi connectivity index (χ2v) is 10.6. The van der Waals surface area contributed by atoms with Crippen molar-refractivity contribution in [1.82, 2.24) is 24.7 Å². The fourth-order valence-corrected chi connectivity index (χ4v) is 5.97. The van der Waals surface area contributed by atoms with Crippen LogP contribution in [0.15, 0.2) is 54.9 Å². The molecule has 0 unspecified atom stereocenters. The van der Waals surface area contributed by atoms with Gasteiger partial charge in [0.2, 0.25) is 5.91 Å². The van der Waals surface area contributed by atoms with Gasteiger partial charge >= 0.3 is 0 Å². The van der Waals surface area contributed by atoms with Crippen LogP contribution >= 0.6 is 0 Å². The van der Waals surface area contributed by atoms with Crippen LogP contribution in [0.3, 0.4) is 0 Å². The predicted octanol–water partition coefficient (Wildman–Crippen LogP) is 4.90. The fourth-order valence-electron chi connectivity index (χ4n) is 5.97. The molecule has 3 N–H and O–H groups in total. The van der Waals surface area contributed by atoms with Gasteiger partial charge < -0.3 is 15.8 Å². The fraction of sp³-hybridized carbons (Fsp3) is 0.355. The summed E-state index contributed by atoms with van der Waals surface area (Å²) in [6.45, 7) is 0.806. The number of anilines is 1. The molecule has 1 saturated carbocycles. The van der Waals surface area contributed by atoms with Gasteiger partial charge in [-0.05, 0) is 67.7 Å². The predicted molar refractivity (Wildman–Crippen MR) is 153 cm³/mol. The quantitative estimate of drug-likeness (QED) is 0.358. The van der Waals surface area contributed by atoms with Gasteiger partial charge in [-0.1, -0.05) is 36.4 Å².